The van der Waals surface area contributed by atoms with Gasteiger partial charge in [-0.15, -0.1) is 0 Å². The van der Waals surface area contributed by atoms with E-state index in [1.807, 2.05) is 43.4 Å². The number of hydrogen-bond acceptors (Lipinski definition) is 4. The molecule has 2 aromatic carbocycles. The van der Waals surface area contributed by atoms with E-state index in [2.05, 4.69) is 4.98 Å². The molecule has 152 valence electrons. The van der Waals surface area contributed by atoms with Gasteiger partial charge in [-0.25, -0.2) is 4.98 Å². The molecule has 6 heteroatoms. The molecule has 29 heavy (non-hydrogen) atoms. The van der Waals surface area contributed by atoms with E-state index in [-0.39, 0.29) is 12.0 Å². The van der Waals surface area contributed by atoms with Crippen LogP contribution < -0.4 is 0 Å². The third kappa shape index (κ3) is 4.98. The van der Waals surface area contributed by atoms with Crippen LogP contribution in [0.3, 0.4) is 0 Å². The fourth-order valence-corrected chi connectivity index (χ4v) is 3.91. The molecule has 1 fully saturated rings. The summed E-state index contributed by atoms with van der Waals surface area (Å²) in [5.74, 6) is 0.588. The van der Waals surface area contributed by atoms with Gasteiger partial charge in [-0.05, 0) is 61.6 Å². The van der Waals surface area contributed by atoms with Gasteiger partial charge in [-0.1, -0.05) is 23.7 Å². The molecule has 1 aliphatic heterocycles. The van der Waals surface area contributed by atoms with Crippen LogP contribution in [0.1, 0.15) is 47.5 Å². The van der Waals surface area contributed by atoms with Gasteiger partial charge in [0.1, 0.15) is 5.52 Å². The van der Waals surface area contributed by atoms with Crippen LogP contribution in [-0.4, -0.2) is 42.1 Å². The Hall–Kier alpha value is -2.37. The molecular weight excluding hydrogens is 388 g/mol. The molecule has 0 spiro atoms. The lowest BCUT2D eigenvalue weighted by Crippen LogP contribution is -2.31. The summed E-state index contributed by atoms with van der Waals surface area (Å²) >= 11 is 6.05. The minimum atomic E-state index is -0.0181. The van der Waals surface area contributed by atoms with Crippen LogP contribution in [0.2, 0.25) is 5.02 Å². The second-order valence-electron chi connectivity index (χ2n) is 7.60. The number of aromatic nitrogens is 1. The van der Waals surface area contributed by atoms with E-state index in [9.17, 15) is 4.79 Å². The molecule has 1 aliphatic rings. The monoisotopic (exact) mass is 412 g/mol. The molecule has 5 nitrogen and oxygen atoms in total. The maximum atomic E-state index is 12.8. The van der Waals surface area contributed by atoms with Crippen LogP contribution in [0.5, 0.6) is 0 Å². The Morgan fingerprint density at radius 3 is 2.93 bits per heavy atom. The van der Waals surface area contributed by atoms with Gasteiger partial charge >= 0.3 is 0 Å². The Balaban J connectivity index is 1.42. The minimum Gasteiger partial charge on any atom is -0.440 e. The number of halogens is 1. The number of rotatable bonds is 6. The zero-order valence-electron chi connectivity index (χ0n) is 16.6. The number of nitrogens with zero attached hydrogens (tertiary/aromatic N) is 2. The SMILES string of the molecule is CN(CCC1CCCCO1)C(=O)c1ccc2nc(Cc3cccc(Cl)c3)oc2c1. The van der Waals surface area contributed by atoms with Crippen molar-refractivity contribution in [3.05, 3.63) is 64.5 Å². The molecule has 1 unspecified atom stereocenters. The lowest BCUT2D eigenvalue weighted by molar-refractivity contribution is 0.00709. The summed E-state index contributed by atoms with van der Waals surface area (Å²) in [5.41, 5.74) is 3.01. The second-order valence-corrected chi connectivity index (χ2v) is 8.04. The minimum absolute atomic E-state index is 0.0181. The zero-order valence-corrected chi connectivity index (χ0v) is 17.3. The third-order valence-corrected chi connectivity index (χ3v) is 5.57. The summed E-state index contributed by atoms with van der Waals surface area (Å²) in [6.45, 7) is 1.51. The maximum Gasteiger partial charge on any atom is 0.253 e. The molecule has 1 atom stereocenters. The predicted molar refractivity (Wildman–Crippen MR) is 113 cm³/mol. The molecule has 0 saturated carbocycles. The molecule has 0 aliphatic carbocycles. The molecule has 1 aromatic heterocycles. The van der Waals surface area contributed by atoms with E-state index in [0.717, 1.165) is 36.9 Å². The zero-order chi connectivity index (χ0) is 20.2. The second kappa shape index (κ2) is 8.97. The van der Waals surface area contributed by atoms with Crippen LogP contribution in [0.25, 0.3) is 11.1 Å². The number of ether oxygens (including phenoxy) is 1. The summed E-state index contributed by atoms with van der Waals surface area (Å²) in [7, 11) is 1.83. The Bertz CT molecular complexity index is 995. The van der Waals surface area contributed by atoms with Gasteiger partial charge in [0.2, 0.25) is 0 Å². The Labute approximate surface area is 175 Å². The molecule has 2 heterocycles. The van der Waals surface area contributed by atoms with E-state index in [0.29, 0.717) is 35.0 Å². The number of carbonyl (C=O) groups excluding carboxylic acids is 1. The van der Waals surface area contributed by atoms with Gasteiger partial charge in [-0.3, -0.25) is 4.79 Å². The standard InChI is InChI=1S/C23H25ClN2O3/c1-26(11-10-19-7-2-3-12-28-19)23(27)17-8-9-20-21(15-17)29-22(25-20)14-16-5-4-6-18(24)13-16/h4-6,8-9,13,15,19H,2-3,7,10-12,14H2,1H3. The van der Waals surface area contributed by atoms with Gasteiger partial charge in [0.05, 0.1) is 6.10 Å². The third-order valence-electron chi connectivity index (χ3n) is 5.33. The van der Waals surface area contributed by atoms with Crippen LogP contribution in [0.4, 0.5) is 0 Å². The van der Waals surface area contributed by atoms with Gasteiger partial charge in [-0.2, -0.15) is 0 Å². The average molecular weight is 413 g/mol. The van der Waals surface area contributed by atoms with E-state index >= 15 is 0 Å². The molecule has 4 rings (SSSR count). The van der Waals surface area contributed by atoms with Gasteiger partial charge in [0.25, 0.3) is 5.91 Å². The topological polar surface area (TPSA) is 55.6 Å². The van der Waals surface area contributed by atoms with Crippen molar-refractivity contribution < 1.29 is 13.9 Å². The van der Waals surface area contributed by atoms with Crippen molar-refractivity contribution in [1.29, 1.82) is 0 Å². The first kappa shape index (κ1) is 19.9. The van der Waals surface area contributed by atoms with Crippen LogP contribution in [0.15, 0.2) is 46.9 Å². The largest absolute Gasteiger partial charge is 0.440 e. The highest BCUT2D eigenvalue weighted by atomic mass is 35.5. The fourth-order valence-electron chi connectivity index (χ4n) is 3.70. The Morgan fingerprint density at radius 1 is 1.24 bits per heavy atom. The average Bonchev–Trinajstić information content (AvgIpc) is 3.13. The van der Waals surface area contributed by atoms with E-state index in [4.69, 9.17) is 20.8 Å². The fraction of sp³-hybridized carbons (Fsp3) is 0.391. The summed E-state index contributed by atoms with van der Waals surface area (Å²) in [6.07, 6.45) is 5.13. The van der Waals surface area contributed by atoms with Crippen molar-refractivity contribution >= 4 is 28.6 Å². The first-order chi connectivity index (χ1) is 14.1. The number of hydrogen-bond donors (Lipinski definition) is 0. The number of fused-ring (bicyclic) bond motifs is 1. The van der Waals surface area contributed by atoms with Gasteiger partial charge in [0, 0.05) is 37.2 Å². The van der Waals surface area contributed by atoms with Crippen molar-refractivity contribution in [2.24, 2.45) is 0 Å². The number of benzene rings is 2. The van der Waals surface area contributed by atoms with Gasteiger partial charge in [0.15, 0.2) is 11.5 Å². The number of carbonyl (C=O) groups is 1. The van der Waals surface area contributed by atoms with Crippen molar-refractivity contribution in [3.63, 3.8) is 0 Å². The summed E-state index contributed by atoms with van der Waals surface area (Å²) < 4.78 is 11.7. The van der Waals surface area contributed by atoms with Crippen LogP contribution in [0, 0.1) is 0 Å². The number of amides is 1. The van der Waals surface area contributed by atoms with Gasteiger partial charge < -0.3 is 14.1 Å². The summed E-state index contributed by atoms with van der Waals surface area (Å²) in [6, 6.07) is 13.1. The van der Waals surface area contributed by atoms with Crippen molar-refractivity contribution in [1.82, 2.24) is 9.88 Å². The Morgan fingerprint density at radius 2 is 2.14 bits per heavy atom. The quantitative estimate of drug-likeness (QED) is 0.565. The molecule has 3 aromatic rings. The van der Waals surface area contributed by atoms with Crippen molar-refractivity contribution in [3.8, 4) is 0 Å². The van der Waals surface area contributed by atoms with E-state index in [1.54, 1.807) is 11.0 Å². The highest BCUT2D eigenvalue weighted by Gasteiger charge is 2.18. The summed E-state index contributed by atoms with van der Waals surface area (Å²) in [4.78, 5) is 19.1. The predicted octanol–water partition coefficient (Wildman–Crippen LogP) is 5.10. The molecule has 1 saturated heterocycles. The molecule has 0 radical (unpaired) electrons. The maximum absolute atomic E-state index is 12.8. The van der Waals surface area contributed by atoms with Crippen LogP contribution in [-0.2, 0) is 11.2 Å². The molecule has 1 amide bonds. The van der Waals surface area contributed by atoms with E-state index in [1.165, 1.54) is 6.42 Å². The first-order valence-corrected chi connectivity index (χ1v) is 10.5. The molecule has 0 bridgehead atoms. The van der Waals surface area contributed by atoms with Crippen molar-refractivity contribution in [2.75, 3.05) is 20.2 Å². The highest BCUT2D eigenvalue weighted by molar-refractivity contribution is 6.30. The van der Waals surface area contributed by atoms with Crippen molar-refractivity contribution in [2.45, 2.75) is 38.2 Å². The smallest absolute Gasteiger partial charge is 0.253 e. The lowest BCUT2D eigenvalue weighted by Gasteiger charge is -2.25. The number of oxazole rings is 1. The molecular formula is C23H25ClN2O3. The van der Waals surface area contributed by atoms with Crippen LogP contribution >= 0.6 is 11.6 Å². The van der Waals surface area contributed by atoms with E-state index < -0.39 is 0 Å². The molecule has 0 N–H and O–H groups in total. The highest BCUT2D eigenvalue weighted by Crippen LogP contribution is 2.22. The first-order valence-electron chi connectivity index (χ1n) is 10.1. The summed E-state index contributed by atoms with van der Waals surface area (Å²) in [5, 5.41) is 0.688. The normalized spacial score (nSPS) is 16.8. The lowest BCUT2D eigenvalue weighted by atomic mass is 10.1. The Kier molecular flexibility index (Phi) is 6.16.